The summed E-state index contributed by atoms with van der Waals surface area (Å²) in [5.41, 5.74) is 1.88. The molecular formula is C21H22ClN3O3S. The molecule has 0 saturated carbocycles. The van der Waals surface area contributed by atoms with Crippen LogP contribution in [0.3, 0.4) is 0 Å². The van der Waals surface area contributed by atoms with Crippen molar-refractivity contribution in [2.45, 2.75) is 11.4 Å². The molecule has 1 saturated heterocycles. The number of fused-ring (bicyclic) bond motifs is 1. The number of sulfonamides is 1. The molecule has 0 bridgehead atoms. The van der Waals surface area contributed by atoms with Gasteiger partial charge in [0.05, 0.1) is 17.5 Å². The average molecular weight is 432 g/mol. The Labute approximate surface area is 175 Å². The van der Waals surface area contributed by atoms with Crippen molar-refractivity contribution in [1.29, 1.82) is 0 Å². The summed E-state index contributed by atoms with van der Waals surface area (Å²) in [6, 6.07) is 14.3. The first-order chi connectivity index (χ1) is 14.0. The van der Waals surface area contributed by atoms with Crippen LogP contribution in [0.2, 0.25) is 5.02 Å². The summed E-state index contributed by atoms with van der Waals surface area (Å²) < 4.78 is 32.5. The minimum atomic E-state index is -3.51. The molecule has 1 aromatic heterocycles. The summed E-state index contributed by atoms with van der Waals surface area (Å²) >= 11 is 6.45. The highest BCUT2D eigenvalue weighted by Gasteiger charge is 2.29. The first kappa shape index (κ1) is 20.1. The highest BCUT2D eigenvalue weighted by atomic mass is 35.5. The second-order valence-corrected chi connectivity index (χ2v) is 9.30. The Kier molecular flexibility index (Phi) is 5.74. The zero-order chi connectivity index (χ0) is 20.4. The maximum absolute atomic E-state index is 12.9. The Morgan fingerprint density at radius 3 is 2.45 bits per heavy atom. The number of halogens is 1. The van der Waals surface area contributed by atoms with E-state index < -0.39 is 10.0 Å². The molecule has 0 aliphatic carbocycles. The molecule has 1 aliphatic rings. The SMILES string of the molecule is COc1ccc(S(=O)(=O)N2CCN(Cc3c(Cl)ccc4cccnc34)CC2)cc1. The maximum Gasteiger partial charge on any atom is 0.243 e. The summed E-state index contributed by atoms with van der Waals surface area (Å²) in [5, 5.41) is 1.73. The van der Waals surface area contributed by atoms with Gasteiger partial charge >= 0.3 is 0 Å². The van der Waals surface area contributed by atoms with Gasteiger partial charge in [0.2, 0.25) is 10.0 Å². The lowest BCUT2D eigenvalue weighted by atomic mass is 10.1. The molecule has 6 nitrogen and oxygen atoms in total. The first-order valence-electron chi connectivity index (χ1n) is 9.38. The van der Waals surface area contributed by atoms with Gasteiger partial charge in [-0.05, 0) is 36.4 Å². The molecule has 0 spiro atoms. The van der Waals surface area contributed by atoms with Crippen molar-refractivity contribution in [2.24, 2.45) is 0 Å². The molecule has 8 heteroatoms. The molecule has 1 aliphatic heterocycles. The molecule has 0 atom stereocenters. The third kappa shape index (κ3) is 4.09. The second kappa shape index (κ2) is 8.28. The van der Waals surface area contributed by atoms with Gasteiger partial charge in [-0.1, -0.05) is 23.7 Å². The number of hydrogen-bond acceptors (Lipinski definition) is 5. The van der Waals surface area contributed by atoms with E-state index in [1.54, 1.807) is 37.6 Å². The summed E-state index contributed by atoms with van der Waals surface area (Å²) in [4.78, 5) is 6.99. The summed E-state index contributed by atoms with van der Waals surface area (Å²) in [6.45, 7) is 2.78. The van der Waals surface area contributed by atoms with E-state index in [1.165, 1.54) is 4.31 Å². The largest absolute Gasteiger partial charge is 0.497 e. The van der Waals surface area contributed by atoms with Gasteiger partial charge < -0.3 is 4.74 Å². The number of ether oxygens (including phenoxy) is 1. The predicted molar refractivity (Wildman–Crippen MR) is 114 cm³/mol. The monoisotopic (exact) mass is 431 g/mol. The normalized spacial score (nSPS) is 16.2. The van der Waals surface area contributed by atoms with Gasteiger partial charge in [-0.2, -0.15) is 4.31 Å². The van der Waals surface area contributed by atoms with Gasteiger partial charge in [0.15, 0.2) is 0 Å². The number of methoxy groups -OCH3 is 1. The number of benzene rings is 2. The van der Waals surface area contributed by atoms with E-state index in [9.17, 15) is 8.42 Å². The minimum absolute atomic E-state index is 0.285. The van der Waals surface area contributed by atoms with Crippen LogP contribution in [0.25, 0.3) is 10.9 Å². The number of hydrogen-bond donors (Lipinski definition) is 0. The standard InChI is InChI=1S/C21H22ClN3O3S/c1-28-17-5-7-18(8-6-17)29(26,27)25-13-11-24(12-14-25)15-19-20(22)9-4-16-3-2-10-23-21(16)19/h2-10H,11-15H2,1H3. The molecule has 0 unspecified atom stereocenters. The average Bonchev–Trinajstić information content (AvgIpc) is 2.76. The van der Waals surface area contributed by atoms with Crippen molar-refractivity contribution in [1.82, 2.24) is 14.2 Å². The highest BCUT2D eigenvalue weighted by Crippen LogP contribution is 2.27. The zero-order valence-corrected chi connectivity index (χ0v) is 17.7. The smallest absolute Gasteiger partial charge is 0.243 e. The van der Waals surface area contributed by atoms with E-state index in [0.717, 1.165) is 16.5 Å². The minimum Gasteiger partial charge on any atom is -0.497 e. The molecule has 0 N–H and O–H groups in total. The van der Waals surface area contributed by atoms with Crippen molar-refractivity contribution in [3.05, 3.63) is 65.3 Å². The molecular weight excluding hydrogens is 410 g/mol. The van der Waals surface area contributed by atoms with E-state index in [4.69, 9.17) is 16.3 Å². The lowest BCUT2D eigenvalue weighted by Crippen LogP contribution is -2.48. The van der Waals surface area contributed by atoms with Crippen LogP contribution < -0.4 is 4.74 Å². The van der Waals surface area contributed by atoms with Crippen LogP contribution in [0.5, 0.6) is 5.75 Å². The fraction of sp³-hybridized carbons (Fsp3) is 0.286. The maximum atomic E-state index is 12.9. The number of aromatic nitrogens is 1. The van der Waals surface area contributed by atoms with Crippen LogP contribution in [0, 0.1) is 0 Å². The van der Waals surface area contributed by atoms with Crippen LogP contribution in [-0.2, 0) is 16.6 Å². The van der Waals surface area contributed by atoms with Crippen molar-refractivity contribution in [2.75, 3.05) is 33.3 Å². The van der Waals surface area contributed by atoms with Crippen molar-refractivity contribution < 1.29 is 13.2 Å². The number of pyridine rings is 1. The van der Waals surface area contributed by atoms with Crippen molar-refractivity contribution >= 4 is 32.5 Å². The molecule has 0 amide bonds. The third-order valence-corrected chi connectivity index (χ3v) is 7.50. The summed E-state index contributed by atoms with van der Waals surface area (Å²) in [5.74, 6) is 0.634. The molecule has 2 aromatic carbocycles. The molecule has 4 rings (SSSR count). The Balaban J connectivity index is 1.46. The topological polar surface area (TPSA) is 62.7 Å². The molecule has 3 aromatic rings. The van der Waals surface area contributed by atoms with Gasteiger partial charge in [-0.3, -0.25) is 9.88 Å². The van der Waals surface area contributed by atoms with Gasteiger partial charge in [0, 0.05) is 54.9 Å². The Hall–Kier alpha value is -2.19. The van der Waals surface area contributed by atoms with Crippen LogP contribution >= 0.6 is 11.6 Å². The van der Waals surface area contributed by atoms with Crippen molar-refractivity contribution in [3.8, 4) is 5.75 Å². The second-order valence-electron chi connectivity index (χ2n) is 6.96. The van der Waals surface area contributed by atoms with E-state index in [2.05, 4.69) is 9.88 Å². The predicted octanol–water partition coefficient (Wildman–Crippen LogP) is 3.40. The van der Waals surface area contributed by atoms with Gasteiger partial charge in [-0.15, -0.1) is 0 Å². The number of nitrogens with zero attached hydrogens (tertiary/aromatic N) is 3. The Morgan fingerprint density at radius 1 is 1.03 bits per heavy atom. The van der Waals surface area contributed by atoms with Gasteiger partial charge in [0.1, 0.15) is 5.75 Å². The quantitative estimate of drug-likeness (QED) is 0.619. The molecule has 0 radical (unpaired) electrons. The number of rotatable bonds is 5. The molecule has 1 fully saturated rings. The lowest BCUT2D eigenvalue weighted by molar-refractivity contribution is 0.182. The Morgan fingerprint density at radius 2 is 1.76 bits per heavy atom. The fourth-order valence-electron chi connectivity index (χ4n) is 3.58. The third-order valence-electron chi connectivity index (χ3n) is 5.23. The first-order valence-corrected chi connectivity index (χ1v) is 11.2. The van der Waals surface area contributed by atoms with Gasteiger partial charge in [0.25, 0.3) is 0 Å². The number of piperazine rings is 1. The molecule has 29 heavy (non-hydrogen) atoms. The highest BCUT2D eigenvalue weighted by molar-refractivity contribution is 7.89. The summed E-state index contributed by atoms with van der Waals surface area (Å²) in [7, 11) is -1.96. The zero-order valence-electron chi connectivity index (χ0n) is 16.1. The van der Waals surface area contributed by atoms with Gasteiger partial charge in [-0.25, -0.2) is 8.42 Å². The van der Waals surface area contributed by atoms with Crippen LogP contribution in [-0.4, -0.2) is 55.9 Å². The molecule has 152 valence electrons. The van der Waals surface area contributed by atoms with E-state index in [-0.39, 0.29) is 4.90 Å². The molecule has 2 heterocycles. The van der Waals surface area contributed by atoms with E-state index in [1.807, 2.05) is 24.3 Å². The van der Waals surface area contributed by atoms with E-state index in [0.29, 0.717) is 43.5 Å². The van der Waals surface area contributed by atoms with Crippen LogP contribution in [0.4, 0.5) is 0 Å². The fourth-order valence-corrected chi connectivity index (χ4v) is 5.21. The lowest BCUT2D eigenvalue weighted by Gasteiger charge is -2.34. The summed E-state index contributed by atoms with van der Waals surface area (Å²) in [6.07, 6.45) is 1.77. The Bertz CT molecular complexity index is 1110. The van der Waals surface area contributed by atoms with Crippen LogP contribution in [0.1, 0.15) is 5.56 Å². The van der Waals surface area contributed by atoms with Crippen molar-refractivity contribution in [3.63, 3.8) is 0 Å². The van der Waals surface area contributed by atoms with E-state index >= 15 is 0 Å². The van der Waals surface area contributed by atoms with Crippen LogP contribution in [0.15, 0.2) is 59.6 Å².